The minimum absolute atomic E-state index is 0.0288. The molecule has 0 heterocycles. The molecular formula is C11H13BrO3. The van der Waals surface area contributed by atoms with Crippen molar-refractivity contribution in [2.75, 3.05) is 11.9 Å². The van der Waals surface area contributed by atoms with Crippen LogP contribution in [-0.4, -0.2) is 22.8 Å². The Hall–Kier alpha value is -1.03. The van der Waals surface area contributed by atoms with E-state index in [1.54, 1.807) is 12.1 Å². The van der Waals surface area contributed by atoms with E-state index >= 15 is 0 Å². The Labute approximate surface area is 97.2 Å². The lowest BCUT2D eigenvalue weighted by atomic mass is 10.1. The Morgan fingerprint density at radius 3 is 2.80 bits per heavy atom. The number of halogens is 1. The number of benzene rings is 1. The summed E-state index contributed by atoms with van der Waals surface area (Å²) >= 11 is 3.29. The predicted octanol–water partition coefficient (Wildman–Crippen LogP) is 2.76. The zero-order valence-corrected chi connectivity index (χ0v) is 10.1. The molecule has 0 amide bonds. The SMILES string of the molecule is CC(=O)c1ccc(OCCCBr)cc1O. The first-order valence-electron chi connectivity index (χ1n) is 4.68. The first-order valence-corrected chi connectivity index (χ1v) is 5.80. The highest BCUT2D eigenvalue weighted by Gasteiger charge is 2.07. The lowest BCUT2D eigenvalue weighted by molar-refractivity contribution is 0.101. The molecule has 0 saturated heterocycles. The molecule has 1 aromatic carbocycles. The number of phenolic OH excluding ortho intramolecular Hbond substituents is 1. The Kier molecular flexibility index (Phi) is 4.62. The summed E-state index contributed by atoms with van der Waals surface area (Å²) in [6.45, 7) is 2.00. The van der Waals surface area contributed by atoms with Crippen LogP contribution in [0.15, 0.2) is 18.2 Å². The summed E-state index contributed by atoms with van der Waals surface area (Å²) in [5.74, 6) is 0.400. The number of Topliss-reactive ketones (excluding diaryl/α,β-unsaturated/α-hetero) is 1. The topological polar surface area (TPSA) is 46.5 Å². The van der Waals surface area contributed by atoms with Crippen LogP contribution >= 0.6 is 15.9 Å². The third-order valence-electron chi connectivity index (χ3n) is 1.90. The first-order chi connectivity index (χ1) is 7.15. The second kappa shape index (κ2) is 5.75. The molecule has 0 aliphatic carbocycles. The second-order valence-electron chi connectivity index (χ2n) is 3.13. The van der Waals surface area contributed by atoms with Crippen molar-refractivity contribution in [1.29, 1.82) is 0 Å². The Morgan fingerprint density at radius 1 is 1.53 bits per heavy atom. The largest absolute Gasteiger partial charge is 0.507 e. The quantitative estimate of drug-likeness (QED) is 0.509. The highest BCUT2D eigenvalue weighted by atomic mass is 79.9. The Balaban J connectivity index is 2.69. The van der Waals surface area contributed by atoms with Gasteiger partial charge in [-0.1, -0.05) is 15.9 Å². The third-order valence-corrected chi connectivity index (χ3v) is 2.46. The van der Waals surface area contributed by atoms with Crippen molar-refractivity contribution in [2.45, 2.75) is 13.3 Å². The third kappa shape index (κ3) is 3.55. The molecule has 0 bridgehead atoms. The summed E-state index contributed by atoms with van der Waals surface area (Å²) in [5.41, 5.74) is 0.322. The molecule has 0 aromatic heterocycles. The summed E-state index contributed by atoms with van der Waals surface area (Å²) in [4.78, 5) is 11.0. The standard InChI is InChI=1S/C11H13BrO3/c1-8(13)10-4-3-9(7-11(10)14)15-6-2-5-12/h3-4,7,14H,2,5-6H2,1H3. The van der Waals surface area contributed by atoms with Crippen LogP contribution < -0.4 is 4.74 Å². The molecule has 0 aliphatic rings. The van der Waals surface area contributed by atoms with E-state index in [4.69, 9.17) is 4.74 Å². The van der Waals surface area contributed by atoms with Crippen LogP contribution in [0.4, 0.5) is 0 Å². The summed E-state index contributed by atoms with van der Waals surface area (Å²) in [6, 6.07) is 4.72. The Bertz CT molecular complexity index is 350. The number of rotatable bonds is 5. The number of hydrogen-bond donors (Lipinski definition) is 1. The molecule has 82 valence electrons. The molecule has 1 rings (SSSR count). The number of alkyl halides is 1. The first kappa shape index (κ1) is 12.0. The highest BCUT2D eigenvalue weighted by Crippen LogP contribution is 2.23. The van der Waals surface area contributed by atoms with E-state index in [9.17, 15) is 9.90 Å². The summed E-state index contributed by atoms with van der Waals surface area (Å²) in [5, 5.41) is 10.4. The maximum absolute atomic E-state index is 11.0. The molecule has 15 heavy (non-hydrogen) atoms. The average Bonchev–Trinajstić information content (AvgIpc) is 2.17. The fourth-order valence-electron chi connectivity index (χ4n) is 1.14. The monoisotopic (exact) mass is 272 g/mol. The molecule has 0 unspecified atom stereocenters. The molecule has 4 heteroatoms. The number of aromatic hydroxyl groups is 1. The van der Waals surface area contributed by atoms with Gasteiger partial charge < -0.3 is 9.84 Å². The van der Waals surface area contributed by atoms with Crippen LogP contribution in [0.5, 0.6) is 11.5 Å². The number of carbonyl (C=O) groups excluding carboxylic acids is 1. The van der Waals surface area contributed by atoms with Crippen molar-refractivity contribution < 1.29 is 14.6 Å². The highest BCUT2D eigenvalue weighted by molar-refractivity contribution is 9.09. The molecule has 0 fully saturated rings. The maximum Gasteiger partial charge on any atom is 0.163 e. The van der Waals surface area contributed by atoms with Gasteiger partial charge in [0, 0.05) is 11.4 Å². The van der Waals surface area contributed by atoms with Crippen molar-refractivity contribution in [3.63, 3.8) is 0 Å². The second-order valence-corrected chi connectivity index (χ2v) is 3.92. The van der Waals surface area contributed by atoms with Crippen LogP contribution in [0.1, 0.15) is 23.7 Å². The van der Waals surface area contributed by atoms with Gasteiger partial charge in [-0.15, -0.1) is 0 Å². The number of ketones is 1. The summed E-state index contributed by atoms with van der Waals surface area (Å²) in [7, 11) is 0. The van der Waals surface area contributed by atoms with Crippen molar-refractivity contribution in [3.05, 3.63) is 23.8 Å². The molecule has 3 nitrogen and oxygen atoms in total. The van der Waals surface area contributed by atoms with Gasteiger partial charge in [0.25, 0.3) is 0 Å². The van der Waals surface area contributed by atoms with Gasteiger partial charge in [-0.25, -0.2) is 0 Å². The van der Waals surface area contributed by atoms with Gasteiger partial charge in [0.05, 0.1) is 12.2 Å². The minimum Gasteiger partial charge on any atom is -0.507 e. The van der Waals surface area contributed by atoms with Gasteiger partial charge in [0.1, 0.15) is 11.5 Å². The normalized spacial score (nSPS) is 10.0. The van der Waals surface area contributed by atoms with Crippen LogP contribution in [-0.2, 0) is 0 Å². The average molecular weight is 273 g/mol. The van der Waals surface area contributed by atoms with E-state index in [2.05, 4.69) is 15.9 Å². The molecule has 1 aromatic rings. The minimum atomic E-state index is -0.153. The molecule has 0 radical (unpaired) electrons. The van der Waals surface area contributed by atoms with Crippen LogP contribution in [0.2, 0.25) is 0 Å². The van der Waals surface area contributed by atoms with E-state index in [0.29, 0.717) is 17.9 Å². The lowest BCUT2D eigenvalue weighted by Crippen LogP contribution is -1.99. The summed E-state index contributed by atoms with van der Waals surface area (Å²) in [6.07, 6.45) is 0.898. The van der Waals surface area contributed by atoms with Gasteiger partial charge in [0.2, 0.25) is 0 Å². The number of phenols is 1. The molecule has 0 saturated carbocycles. The van der Waals surface area contributed by atoms with E-state index in [-0.39, 0.29) is 11.5 Å². The fraction of sp³-hybridized carbons (Fsp3) is 0.364. The number of carbonyl (C=O) groups is 1. The van der Waals surface area contributed by atoms with Crippen molar-refractivity contribution in [3.8, 4) is 11.5 Å². The molecule has 0 aliphatic heterocycles. The molecule has 0 atom stereocenters. The Morgan fingerprint density at radius 2 is 2.27 bits per heavy atom. The van der Waals surface area contributed by atoms with Gasteiger partial charge in [-0.2, -0.15) is 0 Å². The molecule has 1 N–H and O–H groups in total. The van der Waals surface area contributed by atoms with Crippen molar-refractivity contribution in [1.82, 2.24) is 0 Å². The zero-order chi connectivity index (χ0) is 11.3. The maximum atomic E-state index is 11.0. The van der Waals surface area contributed by atoms with Gasteiger partial charge in [-0.3, -0.25) is 4.79 Å². The lowest BCUT2D eigenvalue weighted by Gasteiger charge is -2.06. The zero-order valence-electron chi connectivity index (χ0n) is 8.50. The number of ether oxygens (including phenoxy) is 1. The van der Waals surface area contributed by atoms with Gasteiger partial charge in [-0.05, 0) is 25.5 Å². The van der Waals surface area contributed by atoms with E-state index in [1.807, 2.05) is 0 Å². The molecule has 0 spiro atoms. The summed E-state index contributed by atoms with van der Waals surface area (Å²) < 4.78 is 5.36. The smallest absolute Gasteiger partial charge is 0.163 e. The van der Waals surface area contributed by atoms with Crippen molar-refractivity contribution >= 4 is 21.7 Å². The molecular weight excluding hydrogens is 260 g/mol. The van der Waals surface area contributed by atoms with E-state index in [1.165, 1.54) is 13.0 Å². The van der Waals surface area contributed by atoms with Crippen molar-refractivity contribution in [2.24, 2.45) is 0 Å². The van der Waals surface area contributed by atoms with Gasteiger partial charge in [0.15, 0.2) is 5.78 Å². The van der Waals surface area contributed by atoms with E-state index < -0.39 is 0 Å². The van der Waals surface area contributed by atoms with Crippen LogP contribution in [0.3, 0.4) is 0 Å². The van der Waals surface area contributed by atoms with Crippen LogP contribution in [0, 0.1) is 0 Å². The number of hydrogen-bond acceptors (Lipinski definition) is 3. The van der Waals surface area contributed by atoms with E-state index in [0.717, 1.165) is 11.8 Å². The predicted molar refractivity (Wildman–Crippen MR) is 62.0 cm³/mol. The van der Waals surface area contributed by atoms with Crippen LogP contribution in [0.25, 0.3) is 0 Å². The van der Waals surface area contributed by atoms with Gasteiger partial charge >= 0.3 is 0 Å². The fourth-order valence-corrected chi connectivity index (χ4v) is 1.37.